The first kappa shape index (κ1) is 12.9. The molecule has 0 bridgehead atoms. The number of hydrogen-bond acceptors (Lipinski definition) is 3. The van der Waals surface area contributed by atoms with Crippen LogP contribution in [0, 0.1) is 0 Å². The minimum absolute atomic E-state index is 0.0473. The summed E-state index contributed by atoms with van der Waals surface area (Å²) in [6.07, 6.45) is 1.58. The lowest BCUT2D eigenvalue weighted by Crippen LogP contribution is -2.48. The van der Waals surface area contributed by atoms with E-state index in [1.165, 1.54) is 0 Å². The van der Waals surface area contributed by atoms with Crippen LogP contribution in [-0.4, -0.2) is 41.7 Å². The second-order valence-corrected chi connectivity index (χ2v) is 5.06. The Hall–Kier alpha value is -1.55. The fourth-order valence-electron chi connectivity index (χ4n) is 2.33. The van der Waals surface area contributed by atoms with Gasteiger partial charge in [-0.2, -0.15) is 0 Å². The number of rotatable bonds is 2. The second kappa shape index (κ2) is 4.98. The summed E-state index contributed by atoms with van der Waals surface area (Å²) >= 11 is 0. The Morgan fingerprint density at radius 3 is 2.94 bits per heavy atom. The lowest BCUT2D eigenvalue weighted by atomic mass is 9.94. The summed E-state index contributed by atoms with van der Waals surface area (Å²) in [7, 11) is 1.58. The number of methoxy groups -OCH3 is 1. The molecule has 1 N–H and O–H groups in total. The number of nitrogens with zero attached hydrogens (tertiary/aromatic N) is 1. The summed E-state index contributed by atoms with van der Waals surface area (Å²) in [5.74, 6) is 0.624. The Labute approximate surface area is 107 Å². The molecule has 1 aromatic carbocycles. The van der Waals surface area contributed by atoms with E-state index in [1.54, 1.807) is 37.1 Å². The van der Waals surface area contributed by atoms with E-state index in [0.717, 1.165) is 12.8 Å². The summed E-state index contributed by atoms with van der Waals surface area (Å²) in [5, 5.41) is 10.0. The molecule has 4 heteroatoms. The van der Waals surface area contributed by atoms with Gasteiger partial charge in [-0.25, -0.2) is 0 Å². The number of carbonyl (C=O) groups excluding carboxylic acids is 1. The van der Waals surface area contributed by atoms with Crippen molar-refractivity contribution in [2.75, 3.05) is 20.2 Å². The average Bonchev–Trinajstić information content (AvgIpc) is 2.37. The third-order valence-electron chi connectivity index (χ3n) is 3.28. The van der Waals surface area contributed by atoms with Crippen LogP contribution in [0.25, 0.3) is 0 Å². The molecule has 0 aromatic heterocycles. The van der Waals surface area contributed by atoms with Crippen molar-refractivity contribution in [1.82, 2.24) is 4.90 Å². The maximum atomic E-state index is 12.3. The van der Waals surface area contributed by atoms with Gasteiger partial charge in [0.05, 0.1) is 12.7 Å². The van der Waals surface area contributed by atoms with Crippen LogP contribution in [0.5, 0.6) is 5.75 Å². The number of amides is 1. The third-order valence-corrected chi connectivity index (χ3v) is 3.28. The molecule has 2 rings (SSSR count). The fourth-order valence-corrected chi connectivity index (χ4v) is 2.33. The van der Waals surface area contributed by atoms with Crippen molar-refractivity contribution in [3.63, 3.8) is 0 Å². The molecule has 1 atom stereocenters. The normalized spacial score (nSPS) is 23.8. The lowest BCUT2D eigenvalue weighted by molar-refractivity contribution is -0.0107. The van der Waals surface area contributed by atoms with E-state index in [-0.39, 0.29) is 5.91 Å². The highest BCUT2D eigenvalue weighted by Crippen LogP contribution is 2.22. The molecular weight excluding hydrogens is 230 g/mol. The van der Waals surface area contributed by atoms with E-state index < -0.39 is 5.60 Å². The molecule has 98 valence electrons. The maximum Gasteiger partial charge on any atom is 0.254 e. The van der Waals surface area contributed by atoms with Crippen LogP contribution < -0.4 is 4.74 Å². The van der Waals surface area contributed by atoms with Crippen molar-refractivity contribution in [1.29, 1.82) is 0 Å². The summed E-state index contributed by atoms with van der Waals surface area (Å²) in [6.45, 7) is 2.87. The van der Waals surface area contributed by atoms with Crippen molar-refractivity contribution in [2.45, 2.75) is 25.4 Å². The van der Waals surface area contributed by atoms with Crippen molar-refractivity contribution in [3.8, 4) is 5.75 Å². The van der Waals surface area contributed by atoms with Gasteiger partial charge in [0.1, 0.15) is 5.75 Å². The van der Waals surface area contributed by atoms with Gasteiger partial charge in [0.15, 0.2) is 0 Å². The van der Waals surface area contributed by atoms with Crippen molar-refractivity contribution < 1.29 is 14.6 Å². The molecule has 1 aliphatic rings. The first-order valence-corrected chi connectivity index (χ1v) is 6.17. The van der Waals surface area contributed by atoms with Gasteiger partial charge in [-0.05, 0) is 38.0 Å². The van der Waals surface area contributed by atoms with Crippen LogP contribution in [-0.2, 0) is 0 Å². The van der Waals surface area contributed by atoms with Crippen LogP contribution in [0.1, 0.15) is 30.1 Å². The molecule has 1 heterocycles. The Morgan fingerprint density at radius 1 is 1.50 bits per heavy atom. The molecule has 1 fully saturated rings. The molecule has 1 unspecified atom stereocenters. The van der Waals surface area contributed by atoms with E-state index in [0.29, 0.717) is 24.4 Å². The Bertz CT molecular complexity index is 442. The van der Waals surface area contributed by atoms with Gasteiger partial charge < -0.3 is 14.7 Å². The SMILES string of the molecule is COc1cccc(C(=O)N2CCCC(C)(O)C2)c1. The largest absolute Gasteiger partial charge is 0.497 e. The van der Waals surface area contributed by atoms with Gasteiger partial charge in [-0.1, -0.05) is 6.07 Å². The van der Waals surface area contributed by atoms with E-state index >= 15 is 0 Å². The first-order chi connectivity index (χ1) is 8.52. The van der Waals surface area contributed by atoms with E-state index in [2.05, 4.69) is 0 Å². The molecule has 4 nitrogen and oxygen atoms in total. The van der Waals surface area contributed by atoms with Crippen molar-refractivity contribution in [2.24, 2.45) is 0 Å². The molecule has 0 aliphatic carbocycles. The predicted molar refractivity (Wildman–Crippen MR) is 68.8 cm³/mol. The fraction of sp³-hybridized carbons (Fsp3) is 0.500. The monoisotopic (exact) mass is 249 g/mol. The van der Waals surface area contributed by atoms with Crippen LogP contribution in [0.3, 0.4) is 0 Å². The van der Waals surface area contributed by atoms with Gasteiger partial charge in [-0.15, -0.1) is 0 Å². The topological polar surface area (TPSA) is 49.8 Å². The van der Waals surface area contributed by atoms with Gasteiger partial charge in [0.25, 0.3) is 5.91 Å². The second-order valence-electron chi connectivity index (χ2n) is 5.06. The number of hydrogen-bond donors (Lipinski definition) is 1. The van der Waals surface area contributed by atoms with Crippen LogP contribution in [0.15, 0.2) is 24.3 Å². The average molecular weight is 249 g/mol. The van der Waals surface area contributed by atoms with Crippen LogP contribution in [0.2, 0.25) is 0 Å². The Kier molecular flexibility index (Phi) is 3.57. The summed E-state index contributed by atoms with van der Waals surface area (Å²) in [5.41, 5.74) is -0.167. The highest BCUT2D eigenvalue weighted by molar-refractivity contribution is 5.94. The molecule has 18 heavy (non-hydrogen) atoms. The third kappa shape index (κ3) is 2.82. The zero-order chi connectivity index (χ0) is 13.2. The van der Waals surface area contributed by atoms with Gasteiger partial charge >= 0.3 is 0 Å². The van der Waals surface area contributed by atoms with Gasteiger partial charge in [-0.3, -0.25) is 4.79 Å². The maximum absolute atomic E-state index is 12.3. The number of β-amino-alcohol motifs (C(OH)–C–C–N with tert-alkyl or cyclic N) is 1. The summed E-state index contributed by atoms with van der Waals surface area (Å²) in [4.78, 5) is 14.0. The number of benzene rings is 1. The molecule has 1 saturated heterocycles. The molecule has 0 saturated carbocycles. The Morgan fingerprint density at radius 2 is 2.28 bits per heavy atom. The minimum Gasteiger partial charge on any atom is -0.497 e. The molecule has 0 radical (unpaired) electrons. The standard InChI is InChI=1S/C14H19NO3/c1-14(17)7-4-8-15(10-14)13(16)11-5-3-6-12(9-11)18-2/h3,5-6,9,17H,4,7-8,10H2,1-2H3. The van der Waals surface area contributed by atoms with E-state index in [4.69, 9.17) is 4.74 Å². The predicted octanol–water partition coefficient (Wildman–Crippen LogP) is 1.68. The van der Waals surface area contributed by atoms with Crippen LogP contribution in [0.4, 0.5) is 0 Å². The molecule has 1 aliphatic heterocycles. The quantitative estimate of drug-likeness (QED) is 0.867. The van der Waals surface area contributed by atoms with Crippen molar-refractivity contribution >= 4 is 5.91 Å². The molecule has 0 spiro atoms. The first-order valence-electron chi connectivity index (χ1n) is 6.17. The number of carbonyl (C=O) groups is 1. The van der Waals surface area contributed by atoms with Gasteiger partial charge in [0.2, 0.25) is 0 Å². The molecular formula is C14H19NO3. The van der Waals surface area contributed by atoms with E-state index in [1.807, 2.05) is 6.07 Å². The zero-order valence-corrected chi connectivity index (χ0v) is 10.8. The highest BCUT2D eigenvalue weighted by atomic mass is 16.5. The lowest BCUT2D eigenvalue weighted by Gasteiger charge is -2.36. The number of likely N-dealkylation sites (tertiary alicyclic amines) is 1. The van der Waals surface area contributed by atoms with E-state index in [9.17, 15) is 9.90 Å². The molecule has 1 aromatic rings. The highest BCUT2D eigenvalue weighted by Gasteiger charge is 2.31. The number of ether oxygens (including phenoxy) is 1. The zero-order valence-electron chi connectivity index (χ0n) is 10.8. The molecule has 1 amide bonds. The van der Waals surface area contributed by atoms with Gasteiger partial charge in [0, 0.05) is 18.7 Å². The smallest absolute Gasteiger partial charge is 0.254 e. The summed E-state index contributed by atoms with van der Waals surface area (Å²) in [6, 6.07) is 7.11. The number of aliphatic hydroxyl groups is 1. The minimum atomic E-state index is -0.771. The summed E-state index contributed by atoms with van der Waals surface area (Å²) < 4.78 is 5.11. The van der Waals surface area contributed by atoms with Crippen molar-refractivity contribution in [3.05, 3.63) is 29.8 Å². The number of piperidine rings is 1. The Balaban J connectivity index is 2.15. The van der Waals surface area contributed by atoms with Crippen LogP contribution >= 0.6 is 0 Å².